The van der Waals surface area contributed by atoms with E-state index in [9.17, 15) is 19.1 Å². The fourth-order valence-electron chi connectivity index (χ4n) is 5.32. The molecule has 41 heavy (non-hydrogen) atoms. The van der Waals surface area contributed by atoms with Crippen LogP contribution >= 0.6 is 0 Å². The summed E-state index contributed by atoms with van der Waals surface area (Å²) in [5, 5.41) is 15.2. The number of nitrogens with one attached hydrogen (secondary N) is 1. The Morgan fingerprint density at radius 2 is 1.63 bits per heavy atom. The summed E-state index contributed by atoms with van der Waals surface area (Å²) in [5.74, 6) is -0.625. The van der Waals surface area contributed by atoms with Gasteiger partial charge in [-0.3, -0.25) is 0 Å². The highest BCUT2D eigenvalue weighted by atomic mass is 19.1. The highest BCUT2D eigenvalue weighted by Gasteiger charge is 2.43. The average molecular weight is 557 g/mol. The predicted molar refractivity (Wildman–Crippen MR) is 155 cm³/mol. The number of carboxylic acids is 1. The van der Waals surface area contributed by atoms with Gasteiger partial charge in [-0.15, -0.1) is 0 Å². The summed E-state index contributed by atoms with van der Waals surface area (Å²) in [4.78, 5) is 26.3. The molecule has 1 aliphatic rings. The molecule has 2 amide bonds. The van der Waals surface area contributed by atoms with Crippen LogP contribution in [0.2, 0.25) is 0 Å². The first kappa shape index (κ1) is 28.0. The monoisotopic (exact) mass is 556 g/mol. The summed E-state index contributed by atoms with van der Waals surface area (Å²) in [5.41, 5.74) is -0.0641. The van der Waals surface area contributed by atoms with Crippen molar-refractivity contribution in [3.05, 3.63) is 108 Å². The number of hydrogen-bond acceptors (Lipinski definition) is 4. The normalized spacial score (nSPS) is 18.1. The minimum absolute atomic E-state index is 0.0977. The highest BCUT2D eigenvalue weighted by molar-refractivity contribution is 5.83. The number of amides is 2. The molecule has 0 aliphatic carbocycles. The molecule has 0 bridgehead atoms. The molecule has 2 unspecified atom stereocenters. The Kier molecular flexibility index (Phi) is 7.83. The van der Waals surface area contributed by atoms with Gasteiger partial charge in [0.05, 0.1) is 12.1 Å². The number of benzene rings is 4. The van der Waals surface area contributed by atoms with Crippen LogP contribution in [0.25, 0.3) is 10.8 Å². The molecule has 2 N–H and O–H groups in total. The third-order valence-electron chi connectivity index (χ3n) is 7.84. The summed E-state index contributed by atoms with van der Waals surface area (Å²) in [6.45, 7) is 2.41. The Balaban J connectivity index is 1.23. The summed E-state index contributed by atoms with van der Waals surface area (Å²) in [7, 11) is 1.83. The second-order valence-corrected chi connectivity index (χ2v) is 10.8. The van der Waals surface area contributed by atoms with Gasteiger partial charge in [0.25, 0.3) is 0 Å². The zero-order valence-electron chi connectivity index (χ0n) is 23.1. The van der Waals surface area contributed by atoms with Gasteiger partial charge in [-0.1, -0.05) is 54.6 Å². The molecule has 4 aromatic carbocycles. The maximum absolute atomic E-state index is 13.2. The van der Waals surface area contributed by atoms with Crippen LogP contribution in [0.4, 0.5) is 9.18 Å². The third-order valence-corrected chi connectivity index (χ3v) is 7.84. The lowest BCUT2D eigenvalue weighted by Crippen LogP contribution is -2.47. The Morgan fingerprint density at radius 1 is 0.976 bits per heavy atom. The Labute approximate surface area is 238 Å². The summed E-state index contributed by atoms with van der Waals surface area (Å²) in [6.07, 6.45) is 1.42. The van der Waals surface area contributed by atoms with Crippen molar-refractivity contribution in [3.63, 3.8) is 0 Å². The number of nitrogens with zero attached hydrogens (tertiary/aromatic N) is 1. The quantitative estimate of drug-likeness (QED) is 0.242. The number of fused-ring (bicyclic) bond motifs is 1. The lowest BCUT2D eigenvalue weighted by molar-refractivity contribution is -0.153. The number of rotatable bonds is 11. The van der Waals surface area contributed by atoms with Crippen LogP contribution in [0.1, 0.15) is 24.5 Å². The molecule has 4 aromatic rings. The smallest absolute Gasteiger partial charge is 0.348 e. The van der Waals surface area contributed by atoms with E-state index in [-0.39, 0.29) is 18.2 Å². The zero-order valence-corrected chi connectivity index (χ0v) is 23.1. The third kappa shape index (κ3) is 6.27. The molecule has 1 saturated heterocycles. The van der Waals surface area contributed by atoms with Crippen molar-refractivity contribution < 1.29 is 28.6 Å². The second-order valence-electron chi connectivity index (χ2n) is 10.8. The lowest BCUT2D eigenvalue weighted by atomic mass is 9.86. The number of carboxylic acid groups (broad SMARTS) is 1. The second kappa shape index (κ2) is 11.5. The van der Waals surface area contributed by atoms with Crippen molar-refractivity contribution in [3.8, 4) is 11.5 Å². The van der Waals surface area contributed by atoms with Crippen molar-refractivity contribution in [1.82, 2.24) is 10.2 Å². The number of likely N-dealkylation sites (N-methyl/N-ethyl adjacent to an activating group) is 1. The summed E-state index contributed by atoms with van der Waals surface area (Å²) >= 11 is 0. The van der Waals surface area contributed by atoms with Crippen LogP contribution < -0.4 is 14.8 Å². The number of aliphatic carboxylic acids is 1. The van der Waals surface area contributed by atoms with Crippen molar-refractivity contribution in [2.24, 2.45) is 0 Å². The number of hydrogen-bond donors (Lipinski definition) is 2. The Bertz CT molecular complexity index is 1540. The maximum Gasteiger partial charge on any atom is 0.348 e. The van der Waals surface area contributed by atoms with Gasteiger partial charge in [0.2, 0.25) is 5.60 Å². The van der Waals surface area contributed by atoms with Gasteiger partial charge in [0, 0.05) is 26.4 Å². The highest BCUT2D eigenvalue weighted by Crippen LogP contribution is 2.30. The van der Waals surface area contributed by atoms with E-state index >= 15 is 0 Å². The minimum Gasteiger partial charge on any atom is -0.494 e. The van der Waals surface area contributed by atoms with E-state index in [1.807, 2.05) is 31.3 Å². The summed E-state index contributed by atoms with van der Waals surface area (Å²) in [6, 6.07) is 27.0. The summed E-state index contributed by atoms with van der Waals surface area (Å²) < 4.78 is 25.1. The number of carbonyl (C=O) groups is 2. The fraction of sp³-hybridized carbons (Fsp3) is 0.273. The van der Waals surface area contributed by atoms with E-state index in [0.717, 1.165) is 11.1 Å². The molecule has 7 nitrogen and oxygen atoms in total. The molecule has 1 heterocycles. The first-order valence-corrected chi connectivity index (χ1v) is 13.5. The molecule has 8 heteroatoms. The van der Waals surface area contributed by atoms with Gasteiger partial charge in [0.15, 0.2) is 0 Å². The molecule has 0 spiro atoms. The van der Waals surface area contributed by atoms with E-state index < -0.39 is 22.9 Å². The molecule has 2 atom stereocenters. The van der Waals surface area contributed by atoms with E-state index in [1.54, 1.807) is 17.0 Å². The van der Waals surface area contributed by atoms with Gasteiger partial charge in [0.1, 0.15) is 17.3 Å². The molecule has 0 radical (unpaired) electrons. The molecule has 5 rings (SSSR count). The number of ether oxygens (including phenoxy) is 2. The SMILES string of the molecule is CN1C(=O)NCC1(CCOc1ccc(CC(C)(Oc2ccc(F)cc2)C(=O)O)cc1)Cc1ccc2ccccc2c1. The fourth-order valence-corrected chi connectivity index (χ4v) is 5.32. The molecule has 1 fully saturated rings. The molecule has 1 aliphatic heterocycles. The molecular weight excluding hydrogens is 523 g/mol. The molecule has 0 aromatic heterocycles. The number of carbonyl (C=O) groups excluding carboxylic acids is 1. The van der Waals surface area contributed by atoms with Crippen molar-refractivity contribution in [1.29, 1.82) is 0 Å². The Hall–Kier alpha value is -4.59. The van der Waals surface area contributed by atoms with Crippen LogP contribution in [0.5, 0.6) is 11.5 Å². The largest absolute Gasteiger partial charge is 0.494 e. The zero-order chi connectivity index (χ0) is 29.0. The lowest BCUT2D eigenvalue weighted by Gasteiger charge is -2.35. The first-order valence-electron chi connectivity index (χ1n) is 13.5. The van der Waals surface area contributed by atoms with Gasteiger partial charge in [-0.2, -0.15) is 0 Å². The van der Waals surface area contributed by atoms with E-state index in [4.69, 9.17) is 9.47 Å². The number of urea groups is 1. The van der Waals surface area contributed by atoms with Crippen molar-refractivity contribution >= 4 is 22.8 Å². The van der Waals surface area contributed by atoms with Gasteiger partial charge < -0.3 is 24.8 Å². The minimum atomic E-state index is -1.54. The van der Waals surface area contributed by atoms with Crippen molar-refractivity contribution in [2.45, 2.75) is 37.3 Å². The topological polar surface area (TPSA) is 88.1 Å². The van der Waals surface area contributed by atoms with Crippen LogP contribution in [0.15, 0.2) is 91.0 Å². The predicted octanol–water partition coefficient (Wildman–Crippen LogP) is 5.85. The molecule has 0 saturated carbocycles. The maximum atomic E-state index is 13.2. The molecular formula is C33H33FN2O5. The van der Waals surface area contributed by atoms with Gasteiger partial charge in [-0.05, 0) is 71.6 Å². The van der Waals surface area contributed by atoms with E-state index in [2.05, 4.69) is 35.6 Å². The van der Waals surface area contributed by atoms with Gasteiger partial charge >= 0.3 is 12.0 Å². The molecule has 212 valence electrons. The Morgan fingerprint density at radius 3 is 2.29 bits per heavy atom. The van der Waals surface area contributed by atoms with Crippen LogP contribution in [-0.2, 0) is 17.6 Å². The average Bonchev–Trinajstić information content (AvgIpc) is 3.23. The van der Waals surface area contributed by atoms with Crippen LogP contribution in [0, 0.1) is 5.82 Å². The van der Waals surface area contributed by atoms with Crippen molar-refractivity contribution in [2.75, 3.05) is 20.2 Å². The number of halogens is 1. The van der Waals surface area contributed by atoms with Crippen LogP contribution in [0.3, 0.4) is 0 Å². The van der Waals surface area contributed by atoms with E-state index in [1.165, 1.54) is 42.0 Å². The first-order chi connectivity index (χ1) is 19.7. The standard InChI is InChI=1S/C33H33FN2O5/c1-32(30(37)38,41-29-15-11-27(34)12-16-29)20-23-8-13-28(14-9-23)40-18-17-33(22-35-31(39)36(33)2)21-24-7-10-25-5-3-4-6-26(25)19-24/h3-16,19H,17-18,20-22H2,1-2H3,(H,35,39)(H,37,38). The van der Waals surface area contributed by atoms with Crippen LogP contribution in [-0.4, -0.2) is 53.3 Å². The van der Waals surface area contributed by atoms with E-state index in [0.29, 0.717) is 31.7 Å². The van der Waals surface area contributed by atoms with Gasteiger partial charge in [-0.25, -0.2) is 14.0 Å².